The topological polar surface area (TPSA) is 42.4 Å². The fraction of sp³-hybridized carbons (Fsp3) is 0.607. The van der Waals surface area contributed by atoms with Crippen molar-refractivity contribution < 1.29 is 18.6 Å². The van der Waals surface area contributed by atoms with Crippen LogP contribution in [0.1, 0.15) is 124 Å². The number of benzene rings is 1. The molecule has 0 unspecified atom stereocenters. The van der Waals surface area contributed by atoms with E-state index in [-0.39, 0.29) is 23.0 Å². The molecule has 2 aliphatic carbocycles. The van der Waals surface area contributed by atoms with Gasteiger partial charge in [0, 0.05) is 35.0 Å². The minimum Gasteiger partial charge on any atom is -0.388 e. The molecule has 1 fully saturated rings. The van der Waals surface area contributed by atoms with E-state index in [1.54, 1.807) is 12.1 Å². The fourth-order valence-electron chi connectivity index (χ4n) is 6.37. The molecule has 1 N–H and O–H groups in total. The van der Waals surface area contributed by atoms with Crippen LogP contribution in [0.2, 0.25) is 0 Å². The van der Waals surface area contributed by atoms with E-state index >= 15 is 0 Å². The van der Waals surface area contributed by atoms with E-state index in [0.29, 0.717) is 6.42 Å². The summed E-state index contributed by atoms with van der Waals surface area (Å²) in [6.45, 7) is 9.61. The van der Waals surface area contributed by atoms with Crippen LogP contribution in [0.3, 0.4) is 0 Å². The lowest BCUT2D eigenvalue weighted by molar-refractivity contribution is -0.0581. The monoisotopic (exact) mass is 455 g/mol. The van der Waals surface area contributed by atoms with E-state index in [2.05, 4.69) is 27.7 Å². The van der Waals surface area contributed by atoms with E-state index in [0.717, 1.165) is 72.7 Å². The Kier molecular flexibility index (Phi) is 5.26. The maximum atomic E-state index is 13.8. The van der Waals surface area contributed by atoms with Crippen molar-refractivity contribution in [3.05, 3.63) is 63.5 Å². The number of pyridine rings is 1. The van der Waals surface area contributed by atoms with Gasteiger partial charge in [0.2, 0.25) is 0 Å². The normalized spacial score (nSPS) is 25.5. The van der Waals surface area contributed by atoms with Crippen molar-refractivity contribution in [1.29, 1.82) is 0 Å². The summed E-state index contributed by atoms with van der Waals surface area (Å²) in [6, 6.07) is 6.57. The molecule has 5 heteroatoms. The number of hydrogen-bond donors (Lipinski definition) is 1. The van der Waals surface area contributed by atoms with Crippen LogP contribution in [-0.2, 0) is 22.7 Å². The number of ether oxygens (including phenoxy) is 1. The van der Waals surface area contributed by atoms with Gasteiger partial charge in [-0.2, -0.15) is 0 Å². The van der Waals surface area contributed by atoms with Gasteiger partial charge in [0.1, 0.15) is 6.10 Å². The Bertz CT molecular complexity index is 1060. The molecular formula is C28H35F2NO2. The van der Waals surface area contributed by atoms with E-state index in [9.17, 15) is 13.9 Å². The quantitative estimate of drug-likeness (QED) is 0.532. The summed E-state index contributed by atoms with van der Waals surface area (Å²) in [5, 5.41) is 11.3. The maximum Gasteiger partial charge on any atom is 0.270 e. The Morgan fingerprint density at radius 3 is 2.30 bits per heavy atom. The first-order valence-corrected chi connectivity index (χ1v) is 12.3. The summed E-state index contributed by atoms with van der Waals surface area (Å²) in [4.78, 5) is 5.16. The number of aromatic nitrogens is 1. The van der Waals surface area contributed by atoms with Crippen LogP contribution in [-0.4, -0.2) is 10.1 Å². The number of rotatable bonds is 3. The minimum atomic E-state index is -2.87. The second kappa shape index (κ2) is 7.58. The van der Waals surface area contributed by atoms with Crippen LogP contribution in [0, 0.1) is 5.41 Å². The van der Waals surface area contributed by atoms with Crippen LogP contribution < -0.4 is 0 Å². The summed E-state index contributed by atoms with van der Waals surface area (Å²) < 4.78 is 34.6. The summed E-state index contributed by atoms with van der Waals surface area (Å²) in [7, 11) is 0. The van der Waals surface area contributed by atoms with E-state index < -0.39 is 17.6 Å². The summed E-state index contributed by atoms with van der Waals surface area (Å²) >= 11 is 0. The highest BCUT2D eigenvalue weighted by Crippen LogP contribution is 2.59. The number of alkyl halides is 2. The average molecular weight is 456 g/mol. The zero-order valence-electron chi connectivity index (χ0n) is 20.3. The standard InChI is InChI=1S/C28H35F2NO2/c1-16(2)24-22-23(21-19(31-24)14-26(3,4)15-20(21)32)28(12-6-7-13-28)33-25(22)17-8-10-18(11-9-17)27(5,29)30/h8-11,16,20,25,32H,6-7,12-15H2,1-5H3/t20-,25+/m0/s1. The fourth-order valence-corrected chi connectivity index (χ4v) is 6.37. The first-order chi connectivity index (χ1) is 15.4. The molecule has 1 aromatic heterocycles. The molecule has 178 valence electrons. The predicted octanol–water partition coefficient (Wildman–Crippen LogP) is 7.21. The van der Waals surface area contributed by atoms with Crippen LogP contribution in [0.15, 0.2) is 24.3 Å². The first kappa shape index (κ1) is 22.9. The van der Waals surface area contributed by atoms with Crippen molar-refractivity contribution in [2.45, 2.75) is 103 Å². The van der Waals surface area contributed by atoms with Crippen LogP contribution >= 0.6 is 0 Å². The summed E-state index contributed by atoms with van der Waals surface area (Å²) in [5.74, 6) is -2.69. The van der Waals surface area contributed by atoms with Crippen molar-refractivity contribution in [2.75, 3.05) is 0 Å². The summed E-state index contributed by atoms with van der Waals surface area (Å²) in [6.07, 6.45) is 4.65. The molecule has 3 nitrogen and oxygen atoms in total. The van der Waals surface area contributed by atoms with Crippen molar-refractivity contribution >= 4 is 0 Å². The Morgan fingerprint density at radius 2 is 1.73 bits per heavy atom. The van der Waals surface area contributed by atoms with Gasteiger partial charge < -0.3 is 9.84 Å². The number of aliphatic hydroxyl groups excluding tert-OH is 1. The molecule has 0 amide bonds. The number of halogens is 2. The lowest BCUT2D eigenvalue weighted by Crippen LogP contribution is -2.32. The minimum absolute atomic E-state index is 0.00496. The van der Waals surface area contributed by atoms with Crippen LogP contribution in [0.25, 0.3) is 0 Å². The highest BCUT2D eigenvalue weighted by atomic mass is 19.3. The number of aliphatic hydroxyl groups is 1. The largest absolute Gasteiger partial charge is 0.388 e. The molecule has 5 rings (SSSR count). The smallest absolute Gasteiger partial charge is 0.270 e. The van der Waals surface area contributed by atoms with Crippen molar-refractivity contribution in [1.82, 2.24) is 4.98 Å². The van der Waals surface area contributed by atoms with Gasteiger partial charge in [0.25, 0.3) is 5.92 Å². The van der Waals surface area contributed by atoms with E-state index in [4.69, 9.17) is 9.72 Å². The molecule has 2 heterocycles. The number of nitrogens with zero attached hydrogens (tertiary/aromatic N) is 1. The van der Waals surface area contributed by atoms with Gasteiger partial charge in [0.15, 0.2) is 0 Å². The molecule has 0 radical (unpaired) electrons. The molecule has 2 atom stereocenters. The molecule has 3 aliphatic rings. The van der Waals surface area contributed by atoms with Gasteiger partial charge in [-0.25, -0.2) is 8.78 Å². The Hall–Kier alpha value is -1.85. The van der Waals surface area contributed by atoms with Crippen LogP contribution in [0.5, 0.6) is 0 Å². The molecule has 1 spiro atoms. The highest BCUT2D eigenvalue weighted by Gasteiger charge is 2.52. The Labute approximate surface area is 195 Å². The highest BCUT2D eigenvalue weighted by molar-refractivity contribution is 5.54. The molecule has 1 aromatic carbocycles. The van der Waals surface area contributed by atoms with Gasteiger partial charge in [-0.3, -0.25) is 4.98 Å². The zero-order chi connectivity index (χ0) is 23.8. The molecule has 33 heavy (non-hydrogen) atoms. The van der Waals surface area contributed by atoms with Crippen molar-refractivity contribution in [3.63, 3.8) is 0 Å². The molecule has 0 bridgehead atoms. The van der Waals surface area contributed by atoms with E-state index in [1.807, 2.05) is 0 Å². The lowest BCUT2D eigenvalue weighted by atomic mass is 9.70. The van der Waals surface area contributed by atoms with E-state index in [1.165, 1.54) is 12.1 Å². The van der Waals surface area contributed by atoms with Gasteiger partial charge in [-0.15, -0.1) is 0 Å². The van der Waals surface area contributed by atoms with Crippen molar-refractivity contribution in [3.8, 4) is 0 Å². The number of hydrogen-bond acceptors (Lipinski definition) is 3. The van der Waals surface area contributed by atoms with Gasteiger partial charge in [-0.05, 0) is 48.1 Å². The molecule has 2 aromatic rings. The Morgan fingerprint density at radius 1 is 1.09 bits per heavy atom. The second-order valence-corrected chi connectivity index (χ2v) is 11.6. The first-order valence-electron chi connectivity index (χ1n) is 12.3. The SMILES string of the molecule is CC(C)c1nc2c(c3c1[C@@H](c1ccc(C(C)(F)F)cc1)OC31CCCC1)[C@@H](O)CC(C)(C)C2. The predicted molar refractivity (Wildman–Crippen MR) is 124 cm³/mol. The maximum absolute atomic E-state index is 13.8. The third kappa shape index (κ3) is 3.72. The van der Waals surface area contributed by atoms with Gasteiger partial charge in [0.05, 0.1) is 11.7 Å². The molecule has 1 saturated carbocycles. The third-order valence-corrected chi connectivity index (χ3v) is 7.85. The van der Waals surface area contributed by atoms with Crippen LogP contribution in [0.4, 0.5) is 8.78 Å². The van der Waals surface area contributed by atoms with Crippen molar-refractivity contribution in [2.24, 2.45) is 5.41 Å². The Balaban J connectivity index is 1.73. The molecule has 0 saturated heterocycles. The summed E-state index contributed by atoms with van der Waals surface area (Å²) in [5.41, 5.74) is 5.69. The average Bonchev–Trinajstić information content (AvgIpc) is 3.31. The molecular weight excluding hydrogens is 420 g/mol. The zero-order valence-corrected chi connectivity index (χ0v) is 20.3. The third-order valence-electron chi connectivity index (χ3n) is 7.85. The second-order valence-electron chi connectivity index (χ2n) is 11.6. The number of fused-ring (bicyclic) bond motifs is 4. The van der Waals surface area contributed by atoms with Gasteiger partial charge in [-0.1, -0.05) is 64.8 Å². The van der Waals surface area contributed by atoms with Gasteiger partial charge >= 0.3 is 0 Å². The molecule has 1 aliphatic heterocycles. The lowest BCUT2D eigenvalue weighted by Gasteiger charge is -2.38.